The van der Waals surface area contributed by atoms with E-state index in [2.05, 4.69) is 37.0 Å². The molecule has 0 radical (unpaired) electrons. The van der Waals surface area contributed by atoms with Crippen LogP contribution >= 0.6 is 23.6 Å². The Morgan fingerprint density at radius 1 is 1.32 bits per heavy atom. The van der Waals surface area contributed by atoms with Crippen LogP contribution in [-0.4, -0.2) is 35.6 Å². The minimum Gasteiger partial charge on any atom is -0.310 e. The fourth-order valence-electron chi connectivity index (χ4n) is 3.08. The Bertz CT molecular complexity index is 1370. The van der Waals surface area contributed by atoms with Gasteiger partial charge < -0.3 is 10.3 Å². The Morgan fingerprint density at radius 2 is 2.16 bits per heavy atom. The lowest BCUT2D eigenvalue weighted by atomic mass is 10.2. The normalized spacial score (nSPS) is 11.0. The van der Waals surface area contributed by atoms with Crippen molar-refractivity contribution in [3.63, 3.8) is 0 Å². The second-order valence-corrected chi connectivity index (χ2v) is 7.99. The molecule has 0 bridgehead atoms. The van der Waals surface area contributed by atoms with Crippen LogP contribution in [-0.2, 0) is 24.2 Å². The number of carbonyl (C=O) groups is 1. The van der Waals surface area contributed by atoms with Gasteiger partial charge in [0, 0.05) is 24.8 Å². The number of nitrogens with one attached hydrogen (secondary N) is 3. The zero-order valence-corrected chi connectivity index (χ0v) is 18.1. The van der Waals surface area contributed by atoms with Gasteiger partial charge in [-0.3, -0.25) is 19.3 Å². The number of para-hydroxylation sites is 1. The van der Waals surface area contributed by atoms with Crippen LogP contribution in [0.1, 0.15) is 23.8 Å². The number of carbonyl (C=O) groups excluding carboxylic acids is 1. The van der Waals surface area contributed by atoms with Gasteiger partial charge >= 0.3 is 0 Å². The molecule has 0 spiro atoms. The van der Waals surface area contributed by atoms with Crippen molar-refractivity contribution in [3.8, 4) is 0 Å². The molecule has 1 amide bonds. The van der Waals surface area contributed by atoms with E-state index in [9.17, 15) is 9.59 Å². The maximum absolute atomic E-state index is 12.3. The van der Waals surface area contributed by atoms with E-state index in [4.69, 9.17) is 12.2 Å². The van der Waals surface area contributed by atoms with Crippen molar-refractivity contribution in [1.29, 1.82) is 0 Å². The maximum Gasteiger partial charge on any atom is 0.258 e. The second-order valence-electron chi connectivity index (χ2n) is 6.74. The first-order valence-corrected chi connectivity index (χ1v) is 10.8. The van der Waals surface area contributed by atoms with Gasteiger partial charge in [-0.15, -0.1) is 17.9 Å². The third-order valence-corrected chi connectivity index (χ3v) is 5.66. The fraction of sp³-hybridized carbons (Fsp3) is 0.200. The van der Waals surface area contributed by atoms with Crippen molar-refractivity contribution >= 4 is 45.5 Å². The zero-order chi connectivity index (χ0) is 21.8. The minimum absolute atomic E-state index is 0.175. The standard InChI is InChI=1S/C20H19N7O2S2/c1-2-9-27-16(25-26-20(27)30)10-12-11-31-19(21-12)24-17(28)8-7-15-22-14-6-4-3-5-13(14)18(29)23-15/h2-6,11H,1,7-10H2,(H,26,30)(H,21,24,28)(H,22,23,29). The second kappa shape index (κ2) is 9.14. The molecule has 3 heterocycles. The van der Waals surface area contributed by atoms with Gasteiger partial charge in [0.05, 0.1) is 23.0 Å². The van der Waals surface area contributed by atoms with Gasteiger partial charge in [0.1, 0.15) is 11.6 Å². The van der Waals surface area contributed by atoms with Crippen LogP contribution in [0.2, 0.25) is 0 Å². The molecule has 0 aliphatic heterocycles. The third kappa shape index (κ3) is 4.84. The Balaban J connectivity index is 1.37. The van der Waals surface area contributed by atoms with Crippen LogP contribution in [0, 0.1) is 4.77 Å². The van der Waals surface area contributed by atoms with Crippen molar-refractivity contribution in [2.75, 3.05) is 5.32 Å². The lowest BCUT2D eigenvalue weighted by Crippen LogP contribution is -2.16. The molecule has 0 aliphatic carbocycles. The Labute approximate surface area is 185 Å². The monoisotopic (exact) mass is 453 g/mol. The topological polar surface area (TPSA) is 121 Å². The van der Waals surface area contributed by atoms with Crippen molar-refractivity contribution in [2.45, 2.75) is 25.8 Å². The first-order valence-electron chi connectivity index (χ1n) is 9.50. The van der Waals surface area contributed by atoms with Crippen LogP contribution < -0.4 is 10.9 Å². The lowest BCUT2D eigenvalue weighted by Gasteiger charge is -2.04. The van der Waals surface area contributed by atoms with E-state index in [1.807, 2.05) is 16.0 Å². The molecule has 11 heteroatoms. The molecule has 0 atom stereocenters. The summed E-state index contributed by atoms with van der Waals surface area (Å²) < 4.78 is 2.37. The fourth-order valence-corrected chi connectivity index (χ4v) is 4.03. The van der Waals surface area contributed by atoms with Gasteiger partial charge in [-0.2, -0.15) is 5.10 Å². The number of anilines is 1. The Morgan fingerprint density at radius 3 is 3.00 bits per heavy atom. The summed E-state index contributed by atoms with van der Waals surface area (Å²) in [6, 6.07) is 7.10. The average Bonchev–Trinajstić information content (AvgIpc) is 3.34. The summed E-state index contributed by atoms with van der Waals surface area (Å²) in [5.41, 5.74) is 1.18. The van der Waals surface area contributed by atoms with Gasteiger partial charge in [-0.05, 0) is 24.4 Å². The van der Waals surface area contributed by atoms with Gasteiger partial charge in [0.15, 0.2) is 9.90 Å². The molecule has 158 valence electrons. The number of rotatable bonds is 8. The average molecular weight is 454 g/mol. The molecular weight excluding hydrogens is 434 g/mol. The first kappa shape index (κ1) is 20.8. The van der Waals surface area contributed by atoms with Crippen LogP contribution in [0.3, 0.4) is 0 Å². The number of hydrogen-bond donors (Lipinski definition) is 3. The number of nitrogens with zero attached hydrogens (tertiary/aromatic N) is 4. The van der Waals surface area contributed by atoms with E-state index in [-0.39, 0.29) is 17.9 Å². The number of amides is 1. The largest absolute Gasteiger partial charge is 0.310 e. The number of aromatic amines is 2. The number of thiazole rings is 1. The Hall–Kier alpha value is -3.44. The van der Waals surface area contributed by atoms with Crippen LogP contribution in [0.5, 0.6) is 0 Å². The summed E-state index contributed by atoms with van der Waals surface area (Å²) in [7, 11) is 0. The number of aromatic nitrogens is 6. The van der Waals surface area contributed by atoms with Gasteiger partial charge in [0.2, 0.25) is 5.91 Å². The summed E-state index contributed by atoms with van der Waals surface area (Å²) in [6.07, 6.45) is 2.73. The molecule has 3 aromatic heterocycles. The number of allylic oxidation sites excluding steroid dienone is 1. The van der Waals surface area contributed by atoms with E-state index >= 15 is 0 Å². The quantitative estimate of drug-likeness (QED) is 0.279. The molecular formula is C20H19N7O2S2. The molecule has 3 N–H and O–H groups in total. The predicted octanol–water partition coefficient (Wildman–Crippen LogP) is 2.98. The SMILES string of the molecule is C=CCn1c(Cc2csc(NC(=O)CCc3nc4ccccc4c(=O)[nH]3)n2)n[nH]c1=S. The summed E-state index contributed by atoms with van der Waals surface area (Å²) in [5.74, 6) is 1.02. The Kier molecular flexibility index (Phi) is 6.14. The highest BCUT2D eigenvalue weighted by Crippen LogP contribution is 2.18. The summed E-state index contributed by atoms with van der Waals surface area (Å²) in [4.78, 5) is 36.1. The van der Waals surface area contributed by atoms with Gasteiger partial charge in [-0.25, -0.2) is 9.97 Å². The molecule has 4 aromatic rings. The van der Waals surface area contributed by atoms with Gasteiger partial charge in [0.25, 0.3) is 5.56 Å². The molecule has 31 heavy (non-hydrogen) atoms. The van der Waals surface area contributed by atoms with Crippen molar-refractivity contribution in [2.24, 2.45) is 0 Å². The highest BCUT2D eigenvalue weighted by molar-refractivity contribution is 7.71. The molecule has 1 aromatic carbocycles. The number of hydrogen-bond acceptors (Lipinski definition) is 7. The summed E-state index contributed by atoms with van der Waals surface area (Å²) >= 11 is 6.55. The number of fused-ring (bicyclic) bond motifs is 1. The van der Waals surface area contributed by atoms with Crippen molar-refractivity contribution < 1.29 is 4.79 Å². The number of benzene rings is 1. The molecule has 4 rings (SSSR count). The van der Waals surface area contributed by atoms with Crippen molar-refractivity contribution in [3.05, 3.63) is 74.8 Å². The van der Waals surface area contributed by atoms with Crippen LogP contribution in [0.25, 0.3) is 10.9 Å². The summed E-state index contributed by atoms with van der Waals surface area (Å²) in [6.45, 7) is 4.29. The molecule has 0 aliphatic rings. The summed E-state index contributed by atoms with van der Waals surface area (Å²) in [5, 5.41) is 12.7. The molecule has 0 saturated carbocycles. The zero-order valence-electron chi connectivity index (χ0n) is 16.4. The lowest BCUT2D eigenvalue weighted by molar-refractivity contribution is -0.116. The van der Waals surface area contributed by atoms with E-state index in [0.717, 1.165) is 11.5 Å². The minimum atomic E-state index is -0.208. The van der Waals surface area contributed by atoms with E-state index < -0.39 is 0 Å². The van der Waals surface area contributed by atoms with E-state index in [1.54, 1.807) is 24.3 Å². The third-order valence-electron chi connectivity index (χ3n) is 4.54. The van der Waals surface area contributed by atoms with E-state index in [1.165, 1.54) is 11.3 Å². The van der Waals surface area contributed by atoms with E-state index in [0.29, 0.717) is 46.0 Å². The highest BCUT2D eigenvalue weighted by Gasteiger charge is 2.12. The highest BCUT2D eigenvalue weighted by atomic mass is 32.1. The number of H-pyrrole nitrogens is 2. The van der Waals surface area contributed by atoms with Gasteiger partial charge in [-0.1, -0.05) is 18.2 Å². The molecule has 9 nitrogen and oxygen atoms in total. The number of aryl methyl sites for hydroxylation is 1. The smallest absolute Gasteiger partial charge is 0.258 e. The van der Waals surface area contributed by atoms with Crippen LogP contribution in [0.4, 0.5) is 5.13 Å². The van der Waals surface area contributed by atoms with Crippen molar-refractivity contribution in [1.82, 2.24) is 29.7 Å². The molecule has 0 unspecified atom stereocenters. The predicted molar refractivity (Wildman–Crippen MR) is 122 cm³/mol. The molecule has 0 fully saturated rings. The maximum atomic E-state index is 12.3. The van der Waals surface area contributed by atoms with Crippen LogP contribution in [0.15, 0.2) is 47.1 Å². The first-order chi connectivity index (χ1) is 15.0. The molecule has 0 saturated heterocycles.